The first-order valence-corrected chi connectivity index (χ1v) is 7.75. The maximum atomic E-state index is 6.29. The number of rotatable bonds is 5. The summed E-state index contributed by atoms with van der Waals surface area (Å²) < 4.78 is 0. The largest absolute Gasteiger partial charge is 0.326 e. The van der Waals surface area contributed by atoms with Gasteiger partial charge in [-0.15, -0.1) is 0 Å². The topological polar surface area (TPSA) is 51.8 Å². The van der Waals surface area contributed by atoms with Gasteiger partial charge in [-0.1, -0.05) is 48.5 Å². The van der Waals surface area contributed by atoms with E-state index in [4.69, 9.17) is 5.73 Å². The van der Waals surface area contributed by atoms with E-state index in [2.05, 4.69) is 48.1 Å². The SMILES string of the molecule is CCC(N)C(Sc1ncc(C)cn1)c1ccc(C)cc1. The zero-order valence-electron chi connectivity index (χ0n) is 12.2. The lowest BCUT2D eigenvalue weighted by molar-refractivity contribution is 0.632. The van der Waals surface area contributed by atoms with Crippen LogP contribution in [-0.2, 0) is 0 Å². The first kappa shape index (κ1) is 15.0. The van der Waals surface area contributed by atoms with Crippen LogP contribution < -0.4 is 5.73 Å². The Morgan fingerprint density at radius 1 is 1.05 bits per heavy atom. The molecule has 4 heteroatoms. The number of nitrogens with two attached hydrogens (primary N) is 1. The molecule has 2 N–H and O–H groups in total. The third-order valence-electron chi connectivity index (χ3n) is 3.26. The fraction of sp³-hybridized carbons (Fsp3) is 0.375. The van der Waals surface area contributed by atoms with Crippen LogP contribution in [0.25, 0.3) is 0 Å². The second kappa shape index (κ2) is 6.86. The minimum Gasteiger partial charge on any atom is -0.326 e. The van der Waals surface area contributed by atoms with Crippen molar-refractivity contribution in [3.8, 4) is 0 Å². The highest BCUT2D eigenvalue weighted by atomic mass is 32.2. The van der Waals surface area contributed by atoms with Crippen molar-refractivity contribution in [3.05, 3.63) is 53.3 Å². The summed E-state index contributed by atoms with van der Waals surface area (Å²) >= 11 is 1.64. The molecule has 0 aliphatic rings. The van der Waals surface area contributed by atoms with Crippen LogP contribution >= 0.6 is 11.8 Å². The Balaban J connectivity index is 2.23. The second-order valence-electron chi connectivity index (χ2n) is 5.06. The third-order valence-corrected chi connectivity index (χ3v) is 4.55. The molecule has 2 aromatic rings. The van der Waals surface area contributed by atoms with E-state index in [0.29, 0.717) is 0 Å². The molecule has 0 amide bonds. The van der Waals surface area contributed by atoms with E-state index in [1.165, 1.54) is 11.1 Å². The lowest BCUT2D eigenvalue weighted by Gasteiger charge is -2.22. The van der Waals surface area contributed by atoms with Crippen LogP contribution in [-0.4, -0.2) is 16.0 Å². The molecule has 2 atom stereocenters. The van der Waals surface area contributed by atoms with Crippen molar-refractivity contribution in [3.63, 3.8) is 0 Å². The van der Waals surface area contributed by atoms with Gasteiger partial charge in [0.1, 0.15) is 0 Å². The maximum Gasteiger partial charge on any atom is 0.188 e. The Labute approximate surface area is 125 Å². The van der Waals surface area contributed by atoms with Crippen LogP contribution in [0.5, 0.6) is 0 Å². The number of aromatic nitrogens is 2. The first-order valence-electron chi connectivity index (χ1n) is 6.87. The molecule has 1 heterocycles. The van der Waals surface area contributed by atoms with Crippen LogP contribution in [0.2, 0.25) is 0 Å². The highest BCUT2D eigenvalue weighted by molar-refractivity contribution is 7.99. The summed E-state index contributed by atoms with van der Waals surface area (Å²) in [5.74, 6) is 0. The molecule has 0 aliphatic carbocycles. The predicted molar refractivity (Wildman–Crippen MR) is 84.8 cm³/mol. The summed E-state index contributed by atoms with van der Waals surface area (Å²) in [4.78, 5) is 8.75. The lowest BCUT2D eigenvalue weighted by atomic mass is 10.0. The van der Waals surface area contributed by atoms with Crippen molar-refractivity contribution in [2.45, 2.75) is 43.6 Å². The smallest absolute Gasteiger partial charge is 0.188 e. The fourth-order valence-electron chi connectivity index (χ4n) is 1.93. The minimum absolute atomic E-state index is 0.0904. The quantitative estimate of drug-likeness (QED) is 0.673. The van der Waals surface area contributed by atoms with Gasteiger partial charge in [-0.05, 0) is 31.4 Å². The number of hydrogen-bond donors (Lipinski definition) is 1. The van der Waals surface area contributed by atoms with Crippen molar-refractivity contribution >= 4 is 11.8 Å². The summed E-state index contributed by atoms with van der Waals surface area (Å²) in [6.07, 6.45) is 4.62. The van der Waals surface area contributed by atoms with E-state index in [9.17, 15) is 0 Å². The number of aryl methyl sites for hydroxylation is 2. The monoisotopic (exact) mass is 287 g/mol. The average Bonchev–Trinajstić information content (AvgIpc) is 2.47. The van der Waals surface area contributed by atoms with Gasteiger partial charge in [0.25, 0.3) is 0 Å². The Bertz CT molecular complexity index is 537. The lowest BCUT2D eigenvalue weighted by Crippen LogP contribution is -2.25. The molecule has 2 rings (SSSR count). The van der Waals surface area contributed by atoms with E-state index >= 15 is 0 Å². The molecular formula is C16H21N3S. The Morgan fingerprint density at radius 2 is 1.65 bits per heavy atom. The maximum absolute atomic E-state index is 6.29. The molecule has 0 bridgehead atoms. The minimum atomic E-state index is 0.0904. The molecule has 0 radical (unpaired) electrons. The zero-order valence-corrected chi connectivity index (χ0v) is 13.0. The van der Waals surface area contributed by atoms with E-state index in [1.807, 2.05) is 19.3 Å². The van der Waals surface area contributed by atoms with Gasteiger partial charge in [0, 0.05) is 18.4 Å². The van der Waals surface area contributed by atoms with Crippen LogP contribution in [0.4, 0.5) is 0 Å². The first-order chi connectivity index (χ1) is 9.60. The highest BCUT2D eigenvalue weighted by Crippen LogP contribution is 2.36. The van der Waals surface area contributed by atoms with E-state index in [0.717, 1.165) is 17.1 Å². The zero-order chi connectivity index (χ0) is 14.5. The van der Waals surface area contributed by atoms with E-state index in [-0.39, 0.29) is 11.3 Å². The average molecular weight is 287 g/mol. The molecule has 0 aliphatic heterocycles. The molecule has 0 fully saturated rings. The van der Waals surface area contributed by atoms with Gasteiger partial charge >= 0.3 is 0 Å². The molecule has 1 aromatic carbocycles. The number of benzene rings is 1. The Morgan fingerprint density at radius 3 is 2.20 bits per heavy atom. The number of hydrogen-bond acceptors (Lipinski definition) is 4. The van der Waals surface area contributed by atoms with Gasteiger partial charge in [-0.25, -0.2) is 9.97 Å². The van der Waals surface area contributed by atoms with Crippen molar-refractivity contribution in [2.75, 3.05) is 0 Å². The van der Waals surface area contributed by atoms with E-state index < -0.39 is 0 Å². The van der Waals surface area contributed by atoms with Gasteiger partial charge in [0.2, 0.25) is 0 Å². The van der Waals surface area contributed by atoms with Crippen LogP contribution in [0.15, 0.2) is 41.8 Å². The van der Waals surface area contributed by atoms with E-state index in [1.54, 1.807) is 11.8 Å². The molecule has 0 spiro atoms. The molecular weight excluding hydrogens is 266 g/mol. The predicted octanol–water partition coefficient (Wildman–Crippen LogP) is 3.66. The van der Waals surface area contributed by atoms with Crippen molar-refractivity contribution in [1.29, 1.82) is 0 Å². The summed E-state index contributed by atoms with van der Waals surface area (Å²) in [6, 6.07) is 8.64. The summed E-state index contributed by atoms with van der Waals surface area (Å²) in [5, 5.41) is 0.966. The van der Waals surface area contributed by atoms with Gasteiger partial charge in [-0.3, -0.25) is 0 Å². The van der Waals surface area contributed by atoms with Crippen molar-refractivity contribution in [2.24, 2.45) is 5.73 Å². The Kier molecular flexibility index (Phi) is 5.15. The fourth-order valence-corrected chi connectivity index (χ4v) is 3.04. The van der Waals surface area contributed by atoms with Crippen molar-refractivity contribution in [1.82, 2.24) is 9.97 Å². The van der Waals surface area contributed by atoms with Gasteiger partial charge in [0.15, 0.2) is 5.16 Å². The molecule has 2 unspecified atom stereocenters. The molecule has 1 aromatic heterocycles. The summed E-state index contributed by atoms with van der Waals surface area (Å²) in [7, 11) is 0. The highest BCUT2D eigenvalue weighted by Gasteiger charge is 2.21. The summed E-state index contributed by atoms with van der Waals surface area (Å²) in [5.41, 5.74) is 9.85. The number of thioether (sulfide) groups is 1. The molecule has 20 heavy (non-hydrogen) atoms. The molecule has 0 saturated carbocycles. The second-order valence-corrected chi connectivity index (χ2v) is 6.17. The number of nitrogens with zero attached hydrogens (tertiary/aromatic N) is 2. The van der Waals surface area contributed by atoms with Gasteiger partial charge in [-0.2, -0.15) is 0 Å². The normalized spacial score (nSPS) is 14.0. The standard InChI is InChI=1S/C16H21N3S/c1-4-14(17)15(13-7-5-11(2)6-8-13)20-16-18-9-12(3)10-19-16/h5-10,14-15H,4,17H2,1-3H3. The molecule has 3 nitrogen and oxygen atoms in total. The van der Waals surface area contributed by atoms with Crippen LogP contribution in [0, 0.1) is 13.8 Å². The third kappa shape index (κ3) is 3.81. The van der Waals surface area contributed by atoms with Crippen molar-refractivity contribution < 1.29 is 0 Å². The van der Waals surface area contributed by atoms with Crippen LogP contribution in [0.1, 0.15) is 35.3 Å². The van der Waals surface area contributed by atoms with Gasteiger partial charge < -0.3 is 5.73 Å². The van der Waals surface area contributed by atoms with Crippen LogP contribution in [0.3, 0.4) is 0 Å². The van der Waals surface area contributed by atoms with Gasteiger partial charge in [0.05, 0.1) is 5.25 Å². The molecule has 106 valence electrons. The Hall–Kier alpha value is -1.39. The molecule has 0 saturated heterocycles. The summed E-state index contributed by atoms with van der Waals surface area (Å²) in [6.45, 7) is 6.20.